The molecule has 0 aromatic heterocycles. The summed E-state index contributed by atoms with van der Waals surface area (Å²) >= 11 is 12.1. The van der Waals surface area contributed by atoms with Gasteiger partial charge in [0.05, 0.1) is 34.9 Å². The number of rotatable bonds is 6. The van der Waals surface area contributed by atoms with Crippen molar-refractivity contribution in [3.63, 3.8) is 0 Å². The quantitative estimate of drug-likeness (QED) is 0.603. The van der Waals surface area contributed by atoms with Crippen LogP contribution in [0.5, 0.6) is 11.5 Å². The number of nitrogens with zero attached hydrogens (tertiary/aromatic N) is 1. The predicted molar refractivity (Wildman–Crippen MR) is 95.2 cm³/mol. The van der Waals surface area contributed by atoms with E-state index in [-0.39, 0.29) is 39.4 Å². The minimum atomic E-state index is -0.292. The first kappa shape index (κ1) is 18.1. The van der Waals surface area contributed by atoms with Crippen molar-refractivity contribution in [3.8, 4) is 11.5 Å². The Kier molecular flexibility index (Phi) is 6.46. The third-order valence-electron chi connectivity index (χ3n) is 3.08. The van der Waals surface area contributed by atoms with Gasteiger partial charge in [0.15, 0.2) is 11.5 Å². The molecule has 0 saturated carbocycles. The highest BCUT2D eigenvalue weighted by molar-refractivity contribution is 6.43. The zero-order valence-corrected chi connectivity index (χ0v) is 14.4. The summed E-state index contributed by atoms with van der Waals surface area (Å²) < 4.78 is 5.28. The SMILES string of the molecule is CCOc1cc(Cl)c(Cl)c(/C=N/NC(=O)Cc2ccccc2)c1O. The van der Waals surface area contributed by atoms with Gasteiger partial charge in [-0.15, -0.1) is 0 Å². The van der Waals surface area contributed by atoms with Crippen LogP contribution in [0.1, 0.15) is 18.1 Å². The highest BCUT2D eigenvalue weighted by Gasteiger charge is 2.15. The summed E-state index contributed by atoms with van der Waals surface area (Å²) in [5.74, 6) is -0.281. The van der Waals surface area contributed by atoms with Gasteiger partial charge in [0.1, 0.15) is 0 Å². The third-order valence-corrected chi connectivity index (χ3v) is 3.88. The number of hydrogen-bond acceptors (Lipinski definition) is 4. The monoisotopic (exact) mass is 366 g/mol. The van der Waals surface area contributed by atoms with E-state index in [2.05, 4.69) is 10.5 Å². The molecule has 2 aromatic carbocycles. The van der Waals surface area contributed by atoms with Gasteiger partial charge in [-0.25, -0.2) is 5.43 Å². The maximum absolute atomic E-state index is 11.8. The molecule has 0 heterocycles. The smallest absolute Gasteiger partial charge is 0.244 e. The molecule has 0 unspecified atom stereocenters. The summed E-state index contributed by atoms with van der Waals surface area (Å²) in [6, 6.07) is 10.7. The number of phenols is 1. The lowest BCUT2D eigenvalue weighted by Crippen LogP contribution is -2.19. The lowest BCUT2D eigenvalue weighted by Gasteiger charge is -2.10. The highest BCUT2D eigenvalue weighted by atomic mass is 35.5. The van der Waals surface area contributed by atoms with Gasteiger partial charge in [-0.1, -0.05) is 53.5 Å². The maximum atomic E-state index is 11.8. The highest BCUT2D eigenvalue weighted by Crippen LogP contribution is 2.39. The first-order valence-electron chi connectivity index (χ1n) is 7.22. The van der Waals surface area contributed by atoms with Crippen LogP contribution < -0.4 is 10.2 Å². The van der Waals surface area contributed by atoms with Crippen molar-refractivity contribution in [2.24, 2.45) is 5.10 Å². The average molecular weight is 367 g/mol. The van der Waals surface area contributed by atoms with E-state index >= 15 is 0 Å². The van der Waals surface area contributed by atoms with E-state index in [4.69, 9.17) is 27.9 Å². The molecule has 0 saturated heterocycles. The molecular weight excluding hydrogens is 351 g/mol. The normalized spacial score (nSPS) is 10.8. The second-order valence-electron chi connectivity index (χ2n) is 4.82. The predicted octanol–water partition coefficient (Wildman–Crippen LogP) is 3.79. The number of ether oxygens (including phenoxy) is 1. The molecule has 5 nitrogen and oxygen atoms in total. The van der Waals surface area contributed by atoms with Gasteiger partial charge in [0.2, 0.25) is 5.91 Å². The minimum Gasteiger partial charge on any atom is -0.504 e. The van der Waals surface area contributed by atoms with Crippen LogP contribution in [-0.2, 0) is 11.2 Å². The Bertz CT molecular complexity index is 749. The van der Waals surface area contributed by atoms with Crippen LogP contribution in [0.25, 0.3) is 0 Å². The van der Waals surface area contributed by atoms with Crippen LogP contribution in [0.2, 0.25) is 10.0 Å². The molecule has 0 radical (unpaired) electrons. The van der Waals surface area contributed by atoms with Gasteiger partial charge in [0.25, 0.3) is 0 Å². The first-order valence-corrected chi connectivity index (χ1v) is 7.98. The lowest BCUT2D eigenvalue weighted by molar-refractivity contribution is -0.120. The largest absolute Gasteiger partial charge is 0.504 e. The summed E-state index contributed by atoms with van der Waals surface area (Å²) in [5.41, 5.74) is 3.42. The summed E-state index contributed by atoms with van der Waals surface area (Å²) in [6.45, 7) is 2.13. The summed E-state index contributed by atoms with van der Waals surface area (Å²) in [5, 5.41) is 14.3. The van der Waals surface area contributed by atoms with Gasteiger partial charge in [-0.3, -0.25) is 4.79 Å². The van der Waals surface area contributed by atoms with Crippen LogP contribution in [0.4, 0.5) is 0 Å². The molecule has 2 rings (SSSR count). The van der Waals surface area contributed by atoms with Crippen LogP contribution in [0.15, 0.2) is 41.5 Å². The molecule has 1 amide bonds. The number of amides is 1. The number of phenolic OH excluding ortho intramolecular Hbond substituents is 1. The first-order chi connectivity index (χ1) is 11.5. The van der Waals surface area contributed by atoms with Gasteiger partial charge >= 0.3 is 0 Å². The van der Waals surface area contributed by atoms with Crippen molar-refractivity contribution in [2.45, 2.75) is 13.3 Å². The summed E-state index contributed by atoms with van der Waals surface area (Å²) in [6.07, 6.45) is 1.42. The van der Waals surface area contributed by atoms with Crippen molar-refractivity contribution in [1.82, 2.24) is 5.43 Å². The van der Waals surface area contributed by atoms with Crippen molar-refractivity contribution in [1.29, 1.82) is 0 Å². The molecular formula is C17H16Cl2N2O3. The molecule has 0 aliphatic heterocycles. The molecule has 126 valence electrons. The molecule has 7 heteroatoms. The Morgan fingerprint density at radius 2 is 2.04 bits per heavy atom. The Morgan fingerprint density at radius 3 is 2.71 bits per heavy atom. The van der Waals surface area contributed by atoms with E-state index in [9.17, 15) is 9.90 Å². The zero-order valence-electron chi connectivity index (χ0n) is 12.9. The fourth-order valence-corrected chi connectivity index (χ4v) is 2.38. The number of nitrogens with one attached hydrogen (secondary N) is 1. The number of hydrazone groups is 1. The molecule has 0 aliphatic carbocycles. The van der Waals surface area contributed by atoms with Gasteiger partial charge in [-0.05, 0) is 12.5 Å². The van der Waals surface area contributed by atoms with E-state index in [0.29, 0.717) is 6.61 Å². The van der Waals surface area contributed by atoms with Crippen LogP contribution in [-0.4, -0.2) is 23.8 Å². The standard InChI is InChI=1S/C17H16Cl2N2O3/c1-2-24-14-9-13(18)16(19)12(17(14)23)10-20-21-15(22)8-11-6-4-3-5-7-11/h3-7,9-10,23H,2,8H2,1H3,(H,21,22)/b20-10+. The fraction of sp³-hybridized carbons (Fsp3) is 0.176. The van der Waals surface area contributed by atoms with Crippen molar-refractivity contribution < 1.29 is 14.6 Å². The van der Waals surface area contributed by atoms with E-state index < -0.39 is 0 Å². The maximum Gasteiger partial charge on any atom is 0.244 e. The Labute approximate surface area is 149 Å². The van der Waals surface area contributed by atoms with E-state index in [1.165, 1.54) is 12.3 Å². The van der Waals surface area contributed by atoms with Crippen LogP contribution in [0, 0.1) is 0 Å². The number of aromatic hydroxyl groups is 1. The molecule has 24 heavy (non-hydrogen) atoms. The van der Waals surface area contributed by atoms with Crippen molar-refractivity contribution in [3.05, 3.63) is 57.6 Å². The number of hydrogen-bond donors (Lipinski definition) is 2. The number of carbonyl (C=O) groups excluding carboxylic acids is 1. The van der Waals surface area contributed by atoms with E-state index in [1.54, 1.807) is 6.92 Å². The summed E-state index contributed by atoms with van der Waals surface area (Å²) in [7, 11) is 0. The second kappa shape index (κ2) is 8.57. The Hall–Kier alpha value is -2.24. The molecule has 0 fully saturated rings. The second-order valence-corrected chi connectivity index (χ2v) is 5.61. The fourth-order valence-electron chi connectivity index (χ4n) is 1.99. The van der Waals surface area contributed by atoms with E-state index in [0.717, 1.165) is 5.56 Å². The van der Waals surface area contributed by atoms with Crippen molar-refractivity contribution >= 4 is 35.3 Å². The summed E-state index contributed by atoms with van der Waals surface area (Å²) in [4.78, 5) is 11.8. The van der Waals surface area contributed by atoms with Crippen LogP contribution >= 0.6 is 23.2 Å². The van der Waals surface area contributed by atoms with Crippen LogP contribution in [0.3, 0.4) is 0 Å². The molecule has 0 bridgehead atoms. The Balaban J connectivity index is 2.10. The van der Waals surface area contributed by atoms with Crippen molar-refractivity contribution in [2.75, 3.05) is 6.61 Å². The van der Waals surface area contributed by atoms with Gasteiger partial charge in [0, 0.05) is 6.07 Å². The van der Waals surface area contributed by atoms with E-state index in [1.807, 2.05) is 30.3 Å². The molecule has 2 aromatic rings. The molecule has 0 spiro atoms. The molecule has 0 aliphatic rings. The van der Waals surface area contributed by atoms with Gasteiger partial charge in [-0.2, -0.15) is 5.10 Å². The molecule has 2 N–H and O–H groups in total. The van der Waals surface area contributed by atoms with Gasteiger partial charge < -0.3 is 9.84 Å². The number of halogens is 2. The Morgan fingerprint density at radius 1 is 1.33 bits per heavy atom. The minimum absolute atomic E-state index is 0.124. The third kappa shape index (κ3) is 4.63. The lowest BCUT2D eigenvalue weighted by atomic mass is 10.1. The molecule has 0 atom stereocenters. The zero-order chi connectivity index (χ0) is 17.5. The topological polar surface area (TPSA) is 70.9 Å². The average Bonchev–Trinajstić information content (AvgIpc) is 2.57. The number of benzene rings is 2. The number of carbonyl (C=O) groups is 1.